The van der Waals surface area contributed by atoms with Crippen LogP contribution in [0.25, 0.3) is 0 Å². The van der Waals surface area contributed by atoms with Crippen LogP contribution in [0.15, 0.2) is 18.2 Å². The largest absolute Gasteiger partial charge is 0.478 e. The lowest BCUT2D eigenvalue weighted by Crippen LogP contribution is -2.27. The van der Waals surface area contributed by atoms with E-state index in [1.807, 2.05) is 7.05 Å². The van der Waals surface area contributed by atoms with Gasteiger partial charge in [0.1, 0.15) is 5.82 Å². The maximum absolute atomic E-state index is 13.8. The number of rotatable bonds is 5. The molecule has 2 rings (SSSR count). The summed E-state index contributed by atoms with van der Waals surface area (Å²) in [5.41, 5.74) is 0.537. The SMILES string of the molecule is CN1CCC(CN(C)Cc2ccc(C(=O)O)cc2F)C1. The van der Waals surface area contributed by atoms with Crippen LogP contribution < -0.4 is 0 Å². The molecule has 1 aromatic rings. The fourth-order valence-corrected chi connectivity index (χ4v) is 2.78. The van der Waals surface area contributed by atoms with Gasteiger partial charge >= 0.3 is 5.97 Å². The number of hydrogen-bond acceptors (Lipinski definition) is 3. The third kappa shape index (κ3) is 3.77. The van der Waals surface area contributed by atoms with Crippen molar-refractivity contribution >= 4 is 5.97 Å². The summed E-state index contributed by atoms with van der Waals surface area (Å²) in [6, 6.07) is 4.11. The normalized spacial score (nSPS) is 19.7. The Morgan fingerprint density at radius 1 is 1.55 bits per heavy atom. The van der Waals surface area contributed by atoms with E-state index in [9.17, 15) is 9.18 Å². The third-order valence-corrected chi connectivity index (χ3v) is 3.80. The molecule has 1 atom stereocenters. The monoisotopic (exact) mass is 280 g/mol. The molecule has 0 bridgehead atoms. The fourth-order valence-electron chi connectivity index (χ4n) is 2.78. The molecule has 4 nitrogen and oxygen atoms in total. The molecule has 1 N–H and O–H groups in total. The number of hydrogen-bond donors (Lipinski definition) is 1. The molecule has 0 amide bonds. The van der Waals surface area contributed by atoms with Crippen molar-refractivity contribution in [1.82, 2.24) is 9.80 Å². The first kappa shape index (κ1) is 14.9. The lowest BCUT2D eigenvalue weighted by molar-refractivity contribution is 0.0696. The second-order valence-corrected chi connectivity index (χ2v) is 5.73. The third-order valence-electron chi connectivity index (χ3n) is 3.80. The van der Waals surface area contributed by atoms with Crippen molar-refractivity contribution in [3.05, 3.63) is 35.1 Å². The molecule has 0 spiro atoms. The summed E-state index contributed by atoms with van der Waals surface area (Å²) in [7, 11) is 4.09. The van der Waals surface area contributed by atoms with E-state index >= 15 is 0 Å². The van der Waals surface area contributed by atoms with Crippen LogP contribution in [0.2, 0.25) is 0 Å². The quantitative estimate of drug-likeness (QED) is 0.895. The van der Waals surface area contributed by atoms with Crippen molar-refractivity contribution in [1.29, 1.82) is 0 Å². The van der Waals surface area contributed by atoms with Gasteiger partial charge in [-0.25, -0.2) is 9.18 Å². The second-order valence-electron chi connectivity index (χ2n) is 5.73. The van der Waals surface area contributed by atoms with E-state index in [2.05, 4.69) is 16.8 Å². The molecule has 1 aromatic carbocycles. The summed E-state index contributed by atoms with van der Waals surface area (Å²) < 4.78 is 13.8. The number of carbonyl (C=O) groups is 1. The number of carboxylic acid groups (broad SMARTS) is 1. The first-order chi connectivity index (χ1) is 9.45. The molecule has 20 heavy (non-hydrogen) atoms. The van der Waals surface area contributed by atoms with Crippen molar-refractivity contribution in [2.24, 2.45) is 5.92 Å². The van der Waals surface area contributed by atoms with E-state index in [0.29, 0.717) is 18.0 Å². The van der Waals surface area contributed by atoms with Crippen molar-refractivity contribution < 1.29 is 14.3 Å². The van der Waals surface area contributed by atoms with Gasteiger partial charge in [0.15, 0.2) is 0 Å². The van der Waals surface area contributed by atoms with Gasteiger partial charge in [-0.2, -0.15) is 0 Å². The lowest BCUT2D eigenvalue weighted by atomic mass is 10.1. The molecule has 0 radical (unpaired) electrons. The van der Waals surface area contributed by atoms with Gasteiger partial charge in [-0.05, 0) is 45.1 Å². The minimum atomic E-state index is -1.10. The molecule has 0 aliphatic carbocycles. The number of aromatic carboxylic acids is 1. The molecule has 1 aliphatic heterocycles. The van der Waals surface area contributed by atoms with Crippen LogP contribution in [0.4, 0.5) is 4.39 Å². The molecule has 5 heteroatoms. The van der Waals surface area contributed by atoms with E-state index in [1.165, 1.54) is 12.5 Å². The smallest absolute Gasteiger partial charge is 0.335 e. The van der Waals surface area contributed by atoms with Gasteiger partial charge in [0.05, 0.1) is 5.56 Å². The second kappa shape index (κ2) is 6.33. The van der Waals surface area contributed by atoms with Crippen LogP contribution in [-0.4, -0.2) is 54.6 Å². The van der Waals surface area contributed by atoms with Crippen LogP contribution in [-0.2, 0) is 6.54 Å². The van der Waals surface area contributed by atoms with Crippen LogP contribution >= 0.6 is 0 Å². The van der Waals surface area contributed by atoms with Gasteiger partial charge in [0.2, 0.25) is 0 Å². The molecule has 0 saturated carbocycles. The van der Waals surface area contributed by atoms with E-state index in [4.69, 9.17) is 5.11 Å². The van der Waals surface area contributed by atoms with Crippen LogP contribution in [0.3, 0.4) is 0 Å². The standard InChI is InChI=1S/C15H21FN2O2/c1-17-6-5-11(8-17)9-18(2)10-13-4-3-12(15(19)20)7-14(13)16/h3-4,7,11H,5-6,8-10H2,1-2H3,(H,19,20). The Hall–Kier alpha value is -1.46. The highest BCUT2D eigenvalue weighted by atomic mass is 19.1. The highest BCUT2D eigenvalue weighted by Crippen LogP contribution is 2.17. The van der Waals surface area contributed by atoms with Gasteiger partial charge < -0.3 is 14.9 Å². The van der Waals surface area contributed by atoms with Crippen LogP contribution in [0.5, 0.6) is 0 Å². The number of likely N-dealkylation sites (tertiary alicyclic amines) is 1. The Morgan fingerprint density at radius 2 is 2.30 bits per heavy atom. The highest BCUT2D eigenvalue weighted by Gasteiger charge is 2.21. The Labute approximate surface area is 118 Å². The molecule has 1 fully saturated rings. The maximum Gasteiger partial charge on any atom is 0.335 e. The Bertz CT molecular complexity index is 493. The van der Waals surface area contributed by atoms with Gasteiger partial charge in [-0.3, -0.25) is 0 Å². The number of benzene rings is 1. The fraction of sp³-hybridized carbons (Fsp3) is 0.533. The van der Waals surface area contributed by atoms with E-state index in [0.717, 1.165) is 25.7 Å². The number of carboxylic acids is 1. The zero-order valence-corrected chi connectivity index (χ0v) is 12.0. The zero-order chi connectivity index (χ0) is 14.7. The summed E-state index contributed by atoms with van der Waals surface area (Å²) in [5.74, 6) is -0.913. The number of halogens is 1. The molecule has 0 aromatic heterocycles. The first-order valence-electron chi connectivity index (χ1n) is 6.84. The van der Waals surface area contributed by atoms with Crippen molar-refractivity contribution in [2.45, 2.75) is 13.0 Å². The molecule has 1 saturated heterocycles. The van der Waals surface area contributed by atoms with Crippen LogP contribution in [0, 0.1) is 11.7 Å². The molecular formula is C15H21FN2O2. The summed E-state index contributed by atoms with van der Waals surface area (Å²) in [6.45, 7) is 3.65. The Kier molecular flexibility index (Phi) is 4.73. The molecule has 110 valence electrons. The van der Waals surface area contributed by atoms with Gasteiger partial charge in [-0.1, -0.05) is 6.07 Å². The highest BCUT2D eigenvalue weighted by molar-refractivity contribution is 5.87. The van der Waals surface area contributed by atoms with Gasteiger partial charge in [0.25, 0.3) is 0 Å². The molecule has 1 aliphatic rings. The minimum Gasteiger partial charge on any atom is -0.478 e. The number of nitrogens with zero attached hydrogens (tertiary/aromatic N) is 2. The van der Waals surface area contributed by atoms with E-state index in [1.54, 1.807) is 6.07 Å². The summed E-state index contributed by atoms with van der Waals surface area (Å²) in [6.07, 6.45) is 1.18. The van der Waals surface area contributed by atoms with E-state index < -0.39 is 11.8 Å². The van der Waals surface area contributed by atoms with Crippen molar-refractivity contribution in [3.8, 4) is 0 Å². The Balaban J connectivity index is 1.94. The minimum absolute atomic E-state index is 0.00804. The molecule has 1 heterocycles. The van der Waals surface area contributed by atoms with E-state index in [-0.39, 0.29) is 5.56 Å². The van der Waals surface area contributed by atoms with Crippen LogP contribution in [0.1, 0.15) is 22.3 Å². The average Bonchev–Trinajstić information content (AvgIpc) is 2.77. The summed E-state index contributed by atoms with van der Waals surface area (Å²) in [4.78, 5) is 15.2. The molecular weight excluding hydrogens is 259 g/mol. The topological polar surface area (TPSA) is 43.8 Å². The molecule has 1 unspecified atom stereocenters. The van der Waals surface area contributed by atoms with Gasteiger partial charge in [-0.15, -0.1) is 0 Å². The summed E-state index contributed by atoms with van der Waals surface area (Å²) >= 11 is 0. The van der Waals surface area contributed by atoms with Crippen molar-refractivity contribution in [2.75, 3.05) is 33.7 Å². The Morgan fingerprint density at radius 3 is 2.85 bits per heavy atom. The predicted octanol–water partition coefficient (Wildman–Crippen LogP) is 1.91. The first-order valence-corrected chi connectivity index (χ1v) is 6.84. The predicted molar refractivity (Wildman–Crippen MR) is 75.3 cm³/mol. The maximum atomic E-state index is 13.8. The van der Waals surface area contributed by atoms with Crippen molar-refractivity contribution in [3.63, 3.8) is 0 Å². The zero-order valence-electron chi connectivity index (χ0n) is 12.0. The average molecular weight is 280 g/mol. The lowest BCUT2D eigenvalue weighted by Gasteiger charge is -2.21. The summed E-state index contributed by atoms with van der Waals surface area (Å²) in [5, 5.41) is 8.81. The van der Waals surface area contributed by atoms with Gasteiger partial charge in [0, 0.05) is 25.2 Å².